The fourth-order valence-corrected chi connectivity index (χ4v) is 3.12. The van der Waals surface area contributed by atoms with Crippen molar-refractivity contribution in [1.82, 2.24) is 9.78 Å². The van der Waals surface area contributed by atoms with E-state index in [1.54, 1.807) is 11.3 Å². The molecule has 0 radical (unpaired) electrons. The molecule has 0 aliphatic heterocycles. The molecule has 0 bridgehead atoms. The molecular weight excluding hydrogens is 312 g/mol. The normalized spacial score (nSPS) is 11.2. The van der Waals surface area contributed by atoms with Crippen LogP contribution in [0.1, 0.15) is 30.5 Å². The van der Waals surface area contributed by atoms with E-state index in [2.05, 4.69) is 51.6 Å². The van der Waals surface area contributed by atoms with Crippen molar-refractivity contribution in [3.63, 3.8) is 0 Å². The van der Waals surface area contributed by atoms with E-state index in [1.807, 2.05) is 11.6 Å². The number of rotatable bonds is 4. The van der Waals surface area contributed by atoms with Gasteiger partial charge in [0.1, 0.15) is 5.82 Å². The zero-order chi connectivity index (χ0) is 13.3. The van der Waals surface area contributed by atoms with Crippen LogP contribution >= 0.6 is 27.3 Å². The highest BCUT2D eigenvalue weighted by Crippen LogP contribution is 2.27. The number of nitrogens with zero attached hydrogens (tertiary/aromatic N) is 2. The van der Waals surface area contributed by atoms with Crippen molar-refractivity contribution >= 4 is 38.8 Å². The second kappa shape index (κ2) is 5.32. The van der Waals surface area contributed by atoms with Crippen molar-refractivity contribution in [2.75, 3.05) is 11.1 Å². The lowest BCUT2D eigenvalue weighted by molar-refractivity contribution is 0.534. The van der Waals surface area contributed by atoms with Gasteiger partial charge < -0.3 is 11.1 Å². The van der Waals surface area contributed by atoms with E-state index in [0.29, 0.717) is 6.04 Å². The molecule has 2 aromatic rings. The molecule has 3 N–H and O–H groups in total. The molecule has 18 heavy (non-hydrogen) atoms. The molecule has 0 aromatic carbocycles. The first-order valence-corrected chi connectivity index (χ1v) is 7.47. The van der Waals surface area contributed by atoms with Crippen molar-refractivity contribution in [3.05, 3.63) is 26.5 Å². The van der Waals surface area contributed by atoms with Crippen LogP contribution < -0.4 is 11.1 Å². The second-order valence-electron chi connectivity index (χ2n) is 4.47. The topological polar surface area (TPSA) is 55.9 Å². The van der Waals surface area contributed by atoms with E-state index in [0.717, 1.165) is 28.2 Å². The van der Waals surface area contributed by atoms with Crippen LogP contribution in [0.2, 0.25) is 0 Å². The van der Waals surface area contributed by atoms with E-state index < -0.39 is 0 Å². The lowest BCUT2D eigenvalue weighted by Gasteiger charge is -2.12. The molecule has 6 heteroatoms. The predicted molar refractivity (Wildman–Crippen MR) is 81.1 cm³/mol. The van der Waals surface area contributed by atoms with Crippen LogP contribution in [-0.2, 0) is 6.54 Å². The molecule has 0 atom stereocenters. The minimum atomic E-state index is 0.290. The van der Waals surface area contributed by atoms with Gasteiger partial charge in [0, 0.05) is 20.8 Å². The number of aryl methyl sites for hydroxylation is 1. The SMILES string of the molecule is Cc1nn(C(C)C)c(NCc2cc(Br)cs2)c1N. The average Bonchev–Trinajstić information content (AvgIpc) is 2.83. The van der Waals surface area contributed by atoms with Crippen LogP contribution in [0.5, 0.6) is 0 Å². The number of nitrogens with one attached hydrogen (secondary N) is 1. The summed E-state index contributed by atoms with van der Waals surface area (Å²) >= 11 is 5.17. The zero-order valence-corrected chi connectivity index (χ0v) is 13.1. The fraction of sp³-hybridized carbons (Fsp3) is 0.417. The number of thiophene rings is 1. The zero-order valence-electron chi connectivity index (χ0n) is 10.7. The van der Waals surface area contributed by atoms with E-state index in [4.69, 9.17) is 5.73 Å². The van der Waals surface area contributed by atoms with Gasteiger partial charge in [0.2, 0.25) is 0 Å². The number of anilines is 2. The summed E-state index contributed by atoms with van der Waals surface area (Å²) < 4.78 is 3.05. The fourth-order valence-electron chi connectivity index (χ4n) is 1.73. The first-order valence-electron chi connectivity index (χ1n) is 5.80. The first-order chi connectivity index (χ1) is 8.49. The second-order valence-corrected chi connectivity index (χ2v) is 6.38. The molecule has 0 saturated heterocycles. The van der Waals surface area contributed by atoms with Gasteiger partial charge in [-0.3, -0.25) is 0 Å². The summed E-state index contributed by atoms with van der Waals surface area (Å²) in [5, 5.41) is 9.90. The summed E-state index contributed by atoms with van der Waals surface area (Å²) in [6, 6.07) is 2.40. The number of nitrogen functional groups attached to an aromatic ring is 1. The van der Waals surface area contributed by atoms with Gasteiger partial charge in [0.05, 0.1) is 17.9 Å². The van der Waals surface area contributed by atoms with Gasteiger partial charge in [0.15, 0.2) is 0 Å². The van der Waals surface area contributed by atoms with Gasteiger partial charge in [-0.1, -0.05) is 0 Å². The molecule has 0 aliphatic rings. The van der Waals surface area contributed by atoms with Gasteiger partial charge in [-0.25, -0.2) is 4.68 Å². The summed E-state index contributed by atoms with van der Waals surface area (Å²) in [4.78, 5) is 1.26. The molecule has 0 aliphatic carbocycles. The van der Waals surface area contributed by atoms with Crippen LogP contribution in [0.4, 0.5) is 11.5 Å². The summed E-state index contributed by atoms with van der Waals surface area (Å²) in [6.07, 6.45) is 0. The lowest BCUT2D eigenvalue weighted by Crippen LogP contribution is -2.10. The Morgan fingerprint density at radius 3 is 2.83 bits per heavy atom. The van der Waals surface area contributed by atoms with Crippen molar-refractivity contribution in [3.8, 4) is 0 Å². The number of nitrogens with two attached hydrogens (primary N) is 1. The van der Waals surface area contributed by atoms with Crippen molar-refractivity contribution < 1.29 is 0 Å². The third kappa shape index (κ3) is 2.70. The van der Waals surface area contributed by atoms with Crippen LogP contribution in [0.3, 0.4) is 0 Å². The van der Waals surface area contributed by atoms with Crippen LogP contribution in [0, 0.1) is 6.92 Å². The third-order valence-electron chi connectivity index (χ3n) is 2.67. The Hall–Kier alpha value is -1.01. The van der Waals surface area contributed by atoms with E-state index in [-0.39, 0.29) is 0 Å². The Morgan fingerprint density at radius 1 is 1.56 bits per heavy atom. The standard InChI is InChI=1S/C12H17BrN4S/c1-7(2)17-12(11(14)8(3)16-17)15-5-10-4-9(13)6-18-10/h4,6-7,15H,5,14H2,1-3H3. The van der Waals surface area contributed by atoms with Gasteiger partial charge in [-0.15, -0.1) is 11.3 Å². The molecule has 4 nitrogen and oxygen atoms in total. The quantitative estimate of drug-likeness (QED) is 0.897. The van der Waals surface area contributed by atoms with Crippen LogP contribution in [-0.4, -0.2) is 9.78 Å². The Kier molecular flexibility index (Phi) is 3.97. The molecule has 0 unspecified atom stereocenters. The predicted octanol–water partition coefficient (Wildman–Crippen LogP) is 3.79. The van der Waals surface area contributed by atoms with Crippen LogP contribution in [0.15, 0.2) is 15.9 Å². The van der Waals surface area contributed by atoms with Crippen molar-refractivity contribution in [1.29, 1.82) is 0 Å². The minimum Gasteiger partial charge on any atom is -0.394 e. The smallest absolute Gasteiger partial charge is 0.148 e. The Balaban J connectivity index is 2.18. The molecule has 98 valence electrons. The van der Waals surface area contributed by atoms with Gasteiger partial charge in [0.25, 0.3) is 0 Å². The molecule has 0 amide bonds. The maximum atomic E-state index is 6.06. The summed E-state index contributed by atoms with van der Waals surface area (Å²) in [7, 11) is 0. The van der Waals surface area contributed by atoms with Crippen molar-refractivity contribution in [2.24, 2.45) is 0 Å². The summed E-state index contributed by atoms with van der Waals surface area (Å²) in [5.74, 6) is 0.909. The van der Waals surface area contributed by atoms with Gasteiger partial charge in [-0.05, 0) is 42.8 Å². The lowest BCUT2D eigenvalue weighted by atomic mass is 10.3. The molecule has 0 saturated carbocycles. The molecule has 0 fully saturated rings. The molecule has 2 heterocycles. The van der Waals surface area contributed by atoms with Gasteiger partial charge in [-0.2, -0.15) is 5.10 Å². The highest BCUT2D eigenvalue weighted by Gasteiger charge is 2.14. The third-order valence-corrected chi connectivity index (χ3v) is 4.37. The molecule has 2 aromatic heterocycles. The van der Waals surface area contributed by atoms with Crippen molar-refractivity contribution in [2.45, 2.75) is 33.4 Å². The maximum absolute atomic E-state index is 6.06. The maximum Gasteiger partial charge on any atom is 0.148 e. The Labute approximate surface area is 119 Å². The number of hydrogen-bond donors (Lipinski definition) is 2. The minimum absolute atomic E-state index is 0.290. The monoisotopic (exact) mass is 328 g/mol. The number of halogens is 1. The molecule has 2 rings (SSSR count). The average molecular weight is 329 g/mol. The van der Waals surface area contributed by atoms with E-state index >= 15 is 0 Å². The Morgan fingerprint density at radius 2 is 2.28 bits per heavy atom. The largest absolute Gasteiger partial charge is 0.394 e. The molecular formula is C12H17BrN4S. The summed E-state index contributed by atoms with van der Waals surface area (Å²) in [6.45, 7) is 6.89. The highest BCUT2D eigenvalue weighted by atomic mass is 79.9. The van der Waals surface area contributed by atoms with E-state index in [1.165, 1.54) is 4.88 Å². The highest BCUT2D eigenvalue weighted by molar-refractivity contribution is 9.10. The number of aromatic nitrogens is 2. The summed E-state index contributed by atoms with van der Waals surface area (Å²) in [5.41, 5.74) is 7.67. The molecule has 0 spiro atoms. The Bertz CT molecular complexity index is 544. The van der Waals surface area contributed by atoms with Crippen LogP contribution in [0.25, 0.3) is 0 Å². The first kappa shape index (κ1) is 13.4. The number of hydrogen-bond acceptors (Lipinski definition) is 4. The van der Waals surface area contributed by atoms with Gasteiger partial charge >= 0.3 is 0 Å². The van der Waals surface area contributed by atoms with E-state index in [9.17, 15) is 0 Å².